The Hall–Kier alpha value is -1.54. The topological polar surface area (TPSA) is 105 Å². The zero-order valence-electron chi connectivity index (χ0n) is 48.4. The number of unbranched alkanes of at least 4 members (excludes halogenated alkanes) is 38. The Morgan fingerprint density at radius 2 is 0.792 bits per heavy atom. The number of allylic oxidation sites excluding steroid dienone is 7. The van der Waals surface area contributed by atoms with Crippen molar-refractivity contribution in [1.82, 2.24) is 5.32 Å². The van der Waals surface area contributed by atoms with Crippen LogP contribution in [-0.4, -0.2) is 73.4 Å². The van der Waals surface area contributed by atoms with Gasteiger partial charge in [0, 0.05) is 6.42 Å². The summed E-state index contributed by atoms with van der Waals surface area (Å²) in [5.41, 5.74) is 0. The first-order valence-corrected chi connectivity index (χ1v) is 32.5. The summed E-state index contributed by atoms with van der Waals surface area (Å²) >= 11 is 0. The number of aliphatic hydroxyl groups is 1. The monoisotopic (exact) mass is 1030 g/mol. The van der Waals surface area contributed by atoms with E-state index >= 15 is 0 Å². The van der Waals surface area contributed by atoms with Crippen molar-refractivity contribution in [3.05, 3.63) is 48.6 Å². The molecule has 72 heavy (non-hydrogen) atoms. The zero-order chi connectivity index (χ0) is 52.7. The van der Waals surface area contributed by atoms with Gasteiger partial charge in [0.25, 0.3) is 0 Å². The van der Waals surface area contributed by atoms with E-state index in [4.69, 9.17) is 9.05 Å². The normalized spacial score (nSPS) is 14.2. The molecule has 0 heterocycles. The van der Waals surface area contributed by atoms with Crippen LogP contribution >= 0.6 is 7.82 Å². The summed E-state index contributed by atoms with van der Waals surface area (Å²) in [6, 6.07) is -0.842. The fourth-order valence-corrected chi connectivity index (χ4v) is 9.91. The average Bonchev–Trinajstić information content (AvgIpc) is 3.34. The molecule has 0 aliphatic carbocycles. The van der Waals surface area contributed by atoms with E-state index in [1.807, 2.05) is 27.2 Å². The minimum absolute atomic E-state index is 0.0626. The summed E-state index contributed by atoms with van der Waals surface area (Å²) in [7, 11) is 1.58. The van der Waals surface area contributed by atoms with E-state index in [0.717, 1.165) is 51.4 Å². The van der Waals surface area contributed by atoms with Gasteiger partial charge in [0.15, 0.2) is 0 Å². The number of phosphoric acid groups is 1. The Kier molecular flexibility index (Phi) is 53.1. The first-order valence-electron chi connectivity index (χ1n) is 31.0. The molecule has 0 saturated heterocycles. The fraction of sp³-hybridized carbons (Fsp3) is 0.857. The number of carbonyl (C=O) groups is 1. The van der Waals surface area contributed by atoms with Crippen molar-refractivity contribution >= 4 is 13.7 Å². The zero-order valence-corrected chi connectivity index (χ0v) is 49.3. The lowest BCUT2D eigenvalue weighted by molar-refractivity contribution is -0.870. The van der Waals surface area contributed by atoms with Gasteiger partial charge in [-0.1, -0.05) is 281 Å². The number of likely N-dealkylation sites (N-methyl/N-ethyl adjacent to an activating group) is 1. The minimum atomic E-state index is -4.34. The van der Waals surface area contributed by atoms with Gasteiger partial charge in [0.05, 0.1) is 39.9 Å². The van der Waals surface area contributed by atoms with Crippen LogP contribution in [0.15, 0.2) is 48.6 Å². The Balaban J connectivity index is 3.77. The smallest absolute Gasteiger partial charge is 0.387 e. The minimum Gasteiger partial charge on any atom is -0.387 e. The number of nitrogens with zero attached hydrogens (tertiary/aromatic N) is 1. The molecule has 0 fully saturated rings. The number of phosphoric ester groups is 1. The van der Waals surface area contributed by atoms with Crippen LogP contribution in [0.1, 0.15) is 296 Å². The van der Waals surface area contributed by atoms with E-state index in [0.29, 0.717) is 17.4 Å². The second-order valence-corrected chi connectivity index (χ2v) is 23.9. The van der Waals surface area contributed by atoms with Crippen LogP contribution < -0.4 is 5.32 Å². The summed E-state index contributed by atoms with van der Waals surface area (Å²) in [6.07, 6.45) is 72.7. The molecule has 3 unspecified atom stereocenters. The molecular weight excluding hydrogens is 912 g/mol. The van der Waals surface area contributed by atoms with Crippen molar-refractivity contribution in [3.63, 3.8) is 0 Å². The van der Waals surface area contributed by atoms with E-state index in [1.54, 1.807) is 6.08 Å². The largest absolute Gasteiger partial charge is 0.472 e. The SMILES string of the molecule is CCCCCCC/C=C\C/C=C\C/C=C\CCCCCCCCCCCCCCCCCCCCCCCCCCCCC(=O)NC(COP(=O)(O)OCC[N+](C)(C)C)C(O)/C=C/CCCCCCCCC. The van der Waals surface area contributed by atoms with Crippen LogP contribution in [0.3, 0.4) is 0 Å². The first kappa shape index (κ1) is 70.5. The number of amides is 1. The van der Waals surface area contributed by atoms with Crippen molar-refractivity contribution in [2.24, 2.45) is 0 Å². The number of carbonyl (C=O) groups excluding carboxylic acids is 1. The van der Waals surface area contributed by atoms with Gasteiger partial charge in [-0.25, -0.2) is 4.57 Å². The third kappa shape index (κ3) is 56.2. The Bertz CT molecular complexity index is 1310. The number of rotatable bonds is 57. The number of nitrogens with one attached hydrogen (secondary N) is 1. The van der Waals surface area contributed by atoms with E-state index in [1.165, 1.54) is 225 Å². The average molecular weight is 1030 g/mol. The molecule has 8 nitrogen and oxygen atoms in total. The molecule has 0 aromatic rings. The van der Waals surface area contributed by atoms with Gasteiger partial charge in [-0.3, -0.25) is 13.8 Å². The highest BCUT2D eigenvalue weighted by atomic mass is 31.2. The van der Waals surface area contributed by atoms with Crippen LogP contribution in [0.25, 0.3) is 0 Å². The molecule has 0 aliphatic rings. The molecule has 3 atom stereocenters. The van der Waals surface area contributed by atoms with Crippen LogP contribution in [0, 0.1) is 0 Å². The molecule has 0 radical (unpaired) electrons. The molecule has 3 N–H and O–H groups in total. The molecule has 0 aromatic heterocycles. The van der Waals surface area contributed by atoms with Crippen molar-refractivity contribution in [3.8, 4) is 0 Å². The second kappa shape index (κ2) is 54.3. The van der Waals surface area contributed by atoms with Crippen LogP contribution in [0.5, 0.6) is 0 Å². The molecular formula is C63H122N2O6P+. The third-order valence-electron chi connectivity index (χ3n) is 14.0. The summed E-state index contributed by atoms with van der Waals surface area (Å²) in [5.74, 6) is -0.175. The van der Waals surface area contributed by atoms with Crippen molar-refractivity contribution in [2.45, 2.75) is 309 Å². The number of hydrogen-bond acceptors (Lipinski definition) is 5. The number of hydrogen-bond donors (Lipinski definition) is 3. The predicted molar refractivity (Wildman–Crippen MR) is 314 cm³/mol. The maximum absolute atomic E-state index is 12.9. The quantitative estimate of drug-likeness (QED) is 0.0243. The van der Waals surface area contributed by atoms with Crippen LogP contribution in [-0.2, 0) is 18.4 Å². The lowest BCUT2D eigenvalue weighted by Gasteiger charge is -2.25. The molecule has 0 saturated carbocycles. The Morgan fingerprint density at radius 1 is 0.472 bits per heavy atom. The van der Waals surface area contributed by atoms with E-state index in [2.05, 4.69) is 55.6 Å². The highest BCUT2D eigenvalue weighted by Crippen LogP contribution is 2.43. The number of quaternary nitrogens is 1. The summed E-state index contributed by atoms with van der Waals surface area (Å²) < 4.78 is 23.6. The molecule has 0 spiro atoms. The second-order valence-electron chi connectivity index (χ2n) is 22.4. The fourth-order valence-electron chi connectivity index (χ4n) is 9.17. The Labute approximate surface area is 448 Å². The highest BCUT2D eigenvalue weighted by molar-refractivity contribution is 7.47. The van der Waals surface area contributed by atoms with Crippen molar-refractivity contribution < 1.29 is 32.9 Å². The summed E-state index contributed by atoms with van der Waals surface area (Å²) in [6.45, 7) is 4.79. The van der Waals surface area contributed by atoms with Gasteiger partial charge in [-0.05, 0) is 57.8 Å². The molecule has 0 aliphatic heterocycles. The molecule has 0 rings (SSSR count). The maximum atomic E-state index is 12.9. The highest BCUT2D eigenvalue weighted by Gasteiger charge is 2.27. The number of aliphatic hydroxyl groups excluding tert-OH is 1. The van der Waals surface area contributed by atoms with Gasteiger partial charge < -0.3 is 19.8 Å². The van der Waals surface area contributed by atoms with E-state index < -0.39 is 20.0 Å². The molecule has 0 bridgehead atoms. The Morgan fingerprint density at radius 3 is 1.15 bits per heavy atom. The van der Waals surface area contributed by atoms with E-state index in [9.17, 15) is 19.4 Å². The van der Waals surface area contributed by atoms with Gasteiger partial charge >= 0.3 is 7.82 Å². The van der Waals surface area contributed by atoms with Gasteiger partial charge in [-0.15, -0.1) is 0 Å². The summed E-state index contributed by atoms with van der Waals surface area (Å²) in [4.78, 5) is 23.2. The predicted octanol–water partition coefficient (Wildman–Crippen LogP) is 19.1. The molecule has 1 amide bonds. The molecule has 9 heteroatoms. The lowest BCUT2D eigenvalue weighted by Crippen LogP contribution is -2.45. The van der Waals surface area contributed by atoms with Gasteiger partial charge in [0.1, 0.15) is 13.2 Å². The van der Waals surface area contributed by atoms with Crippen LogP contribution in [0.2, 0.25) is 0 Å². The standard InChI is InChI=1S/C63H121N2O6P/c1-6-8-10-12-14-16-17-18-19-20-21-22-23-24-25-26-27-28-29-30-31-32-33-34-35-36-37-38-39-40-41-42-43-44-45-46-47-49-51-53-55-57-63(67)64-61(60-71-72(68,69)70-59-58-65(3,4)5)62(66)56-54-52-50-48-15-13-11-9-7-2/h17-18,20-21,23-24,54,56,61-62,66H,6-16,19,22,25-53,55,57-60H2,1-5H3,(H-,64,67,68,69)/p+1/b18-17-,21-20-,24-23-,56-54+. The van der Waals surface area contributed by atoms with Gasteiger partial charge in [-0.2, -0.15) is 0 Å². The maximum Gasteiger partial charge on any atom is 0.472 e. The van der Waals surface area contributed by atoms with Crippen molar-refractivity contribution in [2.75, 3.05) is 40.9 Å². The molecule has 0 aromatic carbocycles. The lowest BCUT2D eigenvalue weighted by atomic mass is 10.0. The summed E-state index contributed by atoms with van der Waals surface area (Å²) in [5, 5.41) is 13.8. The van der Waals surface area contributed by atoms with Crippen molar-refractivity contribution in [1.29, 1.82) is 0 Å². The first-order chi connectivity index (χ1) is 35.0. The molecule has 424 valence electrons. The third-order valence-corrected chi connectivity index (χ3v) is 15.0. The van der Waals surface area contributed by atoms with Crippen LogP contribution in [0.4, 0.5) is 0 Å². The van der Waals surface area contributed by atoms with E-state index in [-0.39, 0.29) is 19.1 Å². The van der Waals surface area contributed by atoms with Gasteiger partial charge in [0.2, 0.25) is 5.91 Å².